The summed E-state index contributed by atoms with van der Waals surface area (Å²) in [4.78, 5) is 28.3. The molecule has 1 saturated heterocycles. The van der Waals surface area contributed by atoms with Crippen LogP contribution in [0.3, 0.4) is 0 Å². The number of imidazole rings is 1. The first-order valence-corrected chi connectivity index (χ1v) is 9.99. The minimum absolute atomic E-state index is 0.0229. The van der Waals surface area contributed by atoms with Crippen molar-refractivity contribution in [2.75, 3.05) is 16.8 Å². The number of carbonyl (C=O) groups is 1. The maximum atomic E-state index is 14.4. The number of nitrogens with zero attached hydrogens (tertiary/aromatic N) is 5. The molecular formula is C21H20F2N6O. The smallest absolute Gasteiger partial charge is 0.250 e. The lowest BCUT2D eigenvalue weighted by atomic mass is 9.82. The van der Waals surface area contributed by atoms with Crippen LogP contribution in [0.4, 0.5) is 20.3 Å². The van der Waals surface area contributed by atoms with Gasteiger partial charge in [-0.3, -0.25) is 9.36 Å². The highest BCUT2D eigenvalue weighted by Gasteiger charge is 2.48. The average Bonchev–Trinajstić information content (AvgIpc) is 3.23. The van der Waals surface area contributed by atoms with Crippen molar-refractivity contribution in [2.45, 2.75) is 38.1 Å². The van der Waals surface area contributed by atoms with Gasteiger partial charge in [-0.25, -0.2) is 18.7 Å². The number of benzene rings is 1. The van der Waals surface area contributed by atoms with Gasteiger partial charge in [0.2, 0.25) is 11.9 Å². The molecule has 5 rings (SSSR count). The van der Waals surface area contributed by atoms with Crippen LogP contribution < -0.4 is 10.2 Å². The molecule has 1 N–H and O–H groups in total. The van der Waals surface area contributed by atoms with Gasteiger partial charge in [-0.1, -0.05) is 6.92 Å². The molecule has 2 aliphatic heterocycles. The number of halogens is 2. The zero-order valence-electron chi connectivity index (χ0n) is 16.4. The molecule has 7 nitrogen and oxygen atoms in total. The number of aromatic nitrogens is 4. The van der Waals surface area contributed by atoms with Crippen LogP contribution in [0.5, 0.6) is 0 Å². The van der Waals surface area contributed by atoms with E-state index in [9.17, 15) is 13.6 Å². The summed E-state index contributed by atoms with van der Waals surface area (Å²) < 4.78 is 29.2. The normalized spacial score (nSPS) is 20.5. The molecule has 1 fully saturated rings. The predicted octanol–water partition coefficient (Wildman–Crippen LogP) is 3.70. The third-order valence-electron chi connectivity index (χ3n) is 6.03. The van der Waals surface area contributed by atoms with Crippen molar-refractivity contribution in [3.8, 4) is 17.3 Å². The van der Waals surface area contributed by atoms with Crippen molar-refractivity contribution in [3.05, 3.63) is 48.4 Å². The molecule has 0 bridgehead atoms. The first kappa shape index (κ1) is 18.7. The summed E-state index contributed by atoms with van der Waals surface area (Å²) in [5, 5.41) is 2.95. The third-order valence-corrected chi connectivity index (χ3v) is 6.03. The Kier molecular flexibility index (Phi) is 4.27. The van der Waals surface area contributed by atoms with Gasteiger partial charge in [0.1, 0.15) is 28.7 Å². The number of nitrogens with one attached hydrogen (secondary N) is 1. The summed E-state index contributed by atoms with van der Waals surface area (Å²) in [6.45, 7) is 2.74. The van der Waals surface area contributed by atoms with Crippen LogP contribution in [0.2, 0.25) is 0 Å². The molecule has 0 unspecified atom stereocenters. The number of hydrogen-bond acceptors (Lipinski definition) is 5. The van der Waals surface area contributed by atoms with Crippen LogP contribution in [-0.4, -0.2) is 37.5 Å². The largest absolute Gasteiger partial charge is 0.340 e. The Morgan fingerprint density at radius 3 is 2.90 bits per heavy atom. The summed E-state index contributed by atoms with van der Waals surface area (Å²) in [6, 6.07) is 3.35. The van der Waals surface area contributed by atoms with Crippen LogP contribution >= 0.6 is 0 Å². The molecule has 2 aliphatic rings. The second kappa shape index (κ2) is 6.86. The van der Waals surface area contributed by atoms with E-state index in [1.165, 1.54) is 18.3 Å². The van der Waals surface area contributed by atoms with Crippen molar-refractivity contribution in [1.29, 1.82) is 0 Å². The Labute approximate surface area is 171 Å². The number of anilines is 2. The van der Waals surface area contributed by atoms with Gasteiger partial charge in [-0.2, -0.15) is 4.98 Å². The first-order chi connectivity index (χ1) is 14.5. The Bertz CT molecular complexity index is 1150. The maximum absolute atomic E-state index is 14.4. The number of piperidine rings is 1. The zero-order chi connectivity index (χ0) is 20.9. The van der Waals surface area contributed by atoms with E-state index in [0.717, 1.165) is 31.9 Å². The standard InChI is InChI=1S/C21H20F2N6O/c1-2-21-7-3-4-9-29(21)18-16(26-19(21)30)12-25-20(27-18)28-10-8-24-17(28)14-6-5-13(22)11-15(14)23/h5-6,8,10-12H,2-4,7,9H2,1H3,(H,26,30)/t21-/m1/s1. The third kappa shape index (κ3) is 2.68. The van der Waals surface area contributed by atoms with Gasteiger partial charge in [0.25, 0.3) is 0 Å². The molecule has 0 saturated carbocycles. The molecular weight excluding hydrogens is 390 g/mol. The molecule has 0 aliphatic carbocycles. The molecule has 30 heavy (non-hydrogen) atoms. The second-order valence-corrected chi connectivity index (χ2v) is 7.60. The van der Waals surface area contributed by atoms with Gasteiger partial charge in [0.05, 0.1) is 11.8 Å². The lowest BCUT2D eigenvalue weighted by molar-refractivity contribution is -0.122. The predicted molar refractivity (Wildman–Crippen MR) is 107 cm³/mol. The first-order valence-electron chi connectivity index (χ1n) is 9.99. The lowest BCUT2D eigenvalue weighted by Gasteiger charge is -2.49. The average molecular weight is 410 g/mol. The molecule has 1 amide bonds. The van der Waals surface area contributed by atoms with Crippen LogP contribution in [0.25, 0.3) is 17.3 Å². The summed E-state index contributed by atoms with van der Waals surface area (Å²) in [6.07, 6.45) is 8.12. The van der Waals surface area contributed by atoms with Gasteiger partial charge in [-0.15, -0.1) is 0 Å². The highest BCUT2D eigenvalue weighted by atomic mass is 19.1. The Hall–Kier alpha value is -3.36. The molecule has 154 valence electrons. The summed E-state index contributed by atoms with van der Waals surface area (Å²) in [7, 11) is 0. The highest BCUT2D eigenvalue weighted by Crippen LogP contribution is 2.42. The number of carbonyl (C=O) groups excluding carboxylic acids is 1. The van der Waals surface area contributed by atoms with Crippen LogP contribution in [0.1, 0.15) is 32.6 Å². The number of rotatable bonds is 3. The van der Waals surface area contributed by atoms with E-state index < -0.39 is 17.2 Å². The zero-order valence-corrected chi connectivity index (χ0v) is 16.4. The molecule has 0 radical (unpaired) electrons. The minimum atomic E-state index is -0.714. The molecule has 1 aromatic carbocycles. The maximum Gasteiger partial charge on any atom is 0.250 e. The molecule has 4 heterocycles. The van der Waals surface area contributed by atoms with Crippen LogP contribution in [0.15, 0.2) is 36.8 Å². The number of fused-ring (bicyclic) bond motifs is 3. The SMILES string of the molecule is CC[C@]12CCCCN1c1nc(-n3ccnc3-c3ccc(F)cc3F)ncc1NC2=O. The highest BCUT2D eigenvalue weighted by molar-refractivity contribution is 6.06. The van der Waals surface area contributed by atoms with Gasteiger partial charge < -0.3 is 10.2 Å². The van der Waals surface area contributed by atoms with Crippen molar-refractivity contribution in [2.24, 2.45) is 0 Å². The van der Waals surface area contributed by atoms with Gasteiger partial charge in [0, 0.05) is 25.0 Å². The van der Waals surface area contributed by atoms with Crippen molar-refractivity contribution in [1.82, 2.24) is 19.5 Å². The Balaban J connectivity index is 1.62. The Morgan fingerprint density at radius 1 is 1.23 bits per heavy atom. The summed E-state index contributed by atoms with van der Waals surface area (Å²) >= 11 is 0. The molecule has 0 spiro atoms. The number of hydrogen-bond donors (Lipinski definition) is 1. The van der Waals surface area contributed by atoms with E-state index in [4.69, 9.17) is 4.98 Å². The van der Waals surface area contributed by atoms with Crippen molar-refractivity contribution < 1.29 is 13.6 Å². The minimum Gasteiger partial charge on any atom is -0.340 e. The Morgan fingerprint density at radius 2 is 2.10 bits per heavy atom. The van der Waals surface area contributed by atoms with Crippen molar-refractivity contribution >= 4 is 17.4 Å². The van der Waals surface area contributed by atoms with Crippen LogP contribution in [-0.2, 0) is 4.79 Å². The number of amides is 1. The van der Waals surface area contributed by atoms with Crippen molar-refractivity contribution in [3.63, 3.8) is 0 Å². The van der Waals surface area contributed by atoms with Gasteiger partial charge in [-0.05, 0) is 37.8 Å². The fourth-order valence-electron chi connectivity index (χ4n) is 4.46. The van der Waals surface area contributed by atoms with Crippen LogP contribution in [0, 0.1) is 11.6 Å². The molecule has 3 aromatic rings. The summed E-state index contributed by atoms with van der Waals surface area (Å²) in [5.41, 5.74) is 0.0961. The second-order valence-electron chi connectivity index (χ2n) is 7.60. The van der Waals surface area contributed by atoms with Gasteiger partial charge in [0.15, 0.2) is 5.82 Å². The van der Waals surface area contributed by atoms with E-state index >= 15 is 0 Å². The van der Waals surface area contributed by atoms with E-state index in [1.54, 1.807) is 17.0 Å². The topological polar surface area (TPSA) is 75.9 Å². The van der Waals surface area contributed by atoms with E-state index in [1.807, 2.05) is 6.92 Å². The molecule has 1 atom stereocenters. The summed E-state index contributed by atoms with van der Waals surface area (Å²) in [5.74, 6) is -0.167. The molecule has 9 heteroatoms. The fourth-order valence-corrected chi connectivity index (χ4v) is 4.46. The van der Waals surface area contributed by atoms with Gasteiger partial charge >= 0.3 is 0 Å². The quantitative estimate of drug-likeness (QED) is 0.713. The van der Waals surface area contributed by atoms with E-state index in [-0.39, 0.29) is 17.3 Å². The monoisotopic (exact) mass is 410 g/mol. The molecule has 2 aromatic heterocycles. The van der Waals surface area contributed by atoms with E-state index in [2.05, 4.69) is 20.2 Å². The lowest BCUT2D eigenvalue weighted by Crippen LogP contribution is -2.62. The fraction of sp³-hybridized carbons (Fsp3) is 0.333. The van der Waals surface area contributed by atoms with E-state index in [0.29, 0.717) is 23.9 Å².